The molecule has 17 heavy (non-hydrogen) atoms. The van der Waals surface area contributed by atoms with Crippen LogP contribution in [0.4, 0.5) is 4.39 Å². The molecule has 0 radical (unpaired) electrons. The molecule has 0 fully saturated rings. The molecule has 1 aliphatic heterocycles. The molecule has 3 heteroatoms. The van der Waals surface area contributed by atoms with E-state index >= 15 is 0 Å². The highest BCUT2D eigenvalue weighted by Gasteiger charge is 2.26. The van der Waals surface area contributed by atoms with Crippen molar-refractivity contribution in [1.82, 2.24) is 0 Å². The lowest BCUT2D eigenvalue weighted by Crippen LogP contribution is -2.21. The topological polar surface area (TPSA) is 9.23 Å². The minimum absolute atomic E-state index is 0.173. The highest BCUT2D eigenvalue weighted by molar-refractivity contribution is 9.09. The molecule has 0 N–H and O–H groups in total. The van der Waals surface area contributed by atoms with Crippen molar-refractivity contribution in [3.63, 3.8) is 0 Å². The molecular formula is C14H18BrFO. The monoisotopic (exact) mass is 300 g/mol. The van der Waals surface area contributed by atoms with Crippen LogP contribution in [-0.2, 0) is 6.42 Å². The molecule has 0 aromatic heterocycles. The van der Waals surface area contributed by atoms with Crippen LogP contribution in [-0.4, -0.2) is 10.9 Å². The van der Waals surface area contributed by atoms with Gasteiger partial charge in [0, 0.05) is 16.8 Å². The molecule has 0 bridgehead atoms. The number of rotatable bonds is 4. The summed E-state index contributed by atoms with van der Waals surface area (Å²) in [5.74, 6) is 1.25. The number of hydrogen-bond donors (Lipinski definition) is 0. The van der Waals surface area contributed by atoms with Crippen LogP contribution in [0.2, 0.25) is 0 Å². The highest BCUT2D eigenvalue weighted by atomic mass is 79.9. The number of halogens is 2. The minimum Gasteiger partial charge on any atom is -0.490 e. The zero-order valence-corrected chi connectivity index (χ0v) is 11.8. The molecule has 0 spiro atoms. The molecule has 1 heterocycles. The van der Waals surface area contributed by atoms with E-state index in [0.29, 0.717) is 10.7 Å². The molecule has 2 rings (SSSR count). The van der Waals surface area contributed by atoms with Gasteiger partial charge in [0.05, 0.1) is 0 Å². The summed E-state index contributed by atoms with van der Waals surface area (Å²) >= 11 is 3.68. The van der Waals surface area contributed by atoms with Gasteiger partial charge >= 0.3 is 0 Å². The molecule has 0 amide bonds. The maximum atomic E-state index is 13.1. The number of fused-ring (bicyclic) bond motifs is 1. The van der Waals surface area contributed by atoms with Crippen LogP contribution in [0.15, 0.2) is 18.2 Å². The fourth-order valence-electron chi connectivity index (χ4n) is 2.39. The molecule has 3 unspecified atom stereocenters. The van der Waals surface area contributed by atoms with E-state index in [9.17, 15) is 4.39 Å². The molecule has 1 nitrogen and oxygen atoms in total. The fraction of sp³-hybridized carbons (Fsp3) is 0.571. The van der Waals surface area contributed by atoms with Crippen LogP contribution in [0, 0.1) is 11.7 Å². The zero-order valence-electron chi connectivity index (χ0n) is 10.2. The molecule has 0 saturated heterocycles. The standard InChI is InChI=1S/C14H18BrFO/c1-3-13(15)9(2)6-12-8-10-7-11(16)4-5-14(10)17-12/h4-5,7,9,12-13H,3,6,8H2,1-2H3. The second kappa shape index (κ2) is 5.38. The summed E-state index contributed by atoms with van der Waals surface area (Å²) in [5.41, 5.74) is 1.00. The number of alkyl halides is 1. The van der Waals surface area contributed by atoms with Crippen LogP contribution in [0.5, 0.6) is 5.75 Å². The number of benzene rings is 1. The van der Waals surface area contributed by atoms with Gasteiger partial charge in [0.1, 0.15) is 17.7 Å². The van der Waals surface area contributed by atoms with E-state index in [-0.39, 0.29) is 11.9 Å². The van der Waals surface area contributed by atoms with E-state index in [4.69, 9.17) is 4.74 Å². The Balaban J connectivity index is 1.96. The largest absolute Gasteiger partial charge is 0.490 e. The first-order chi connectivity index (χ1) is 8.10. The van der Waals surface area contributed by atoms with Crippen molar-refractivity contribution in [3.05, 3.63) is 29.6 Å². The SMILES string of the molecule is CCC(Br)C(C)CC1Cc2cc(F)ccc2O1. The summed E-state index contributed by atoms with van der Waals surface area (Å²) in [6.07, 6.45) is 3.17. The Bertz CT molecular complexity index is 394. The Labute approximate surface area is 110 Å². The van der Waals surface area contributed by atoms with E-state index in [2.05, 4.69) is 29.8 Å². The predicted octanol–water partition coefficient (Wildman–Crippen LogP) is 4.33. The van der Waals surface area contributed by atoms with Crippen molar-refractivity contribution in [1.29, 1.82) is 0 Å². The Morgan fingerprint density at radius 2 is 2.29 bits per heavy atom. The van der Waals surface area contributed by atoms with Gasteiger partial charge in [0.2, 0.25) is 0 Å². The Morgan fingerprint density at radius 3 is 3.00 bits per heavy atom. The Morgan fingerprint density at radius 1 is 1.53 bits per heavy atom. The van der Waals surface area contributed by atoms with Crippen LogP contribution in [0.3, 0.4) is 0 Å². The first kappa shape index (κ1) is 12.9. The second-order valence-corrected chi connectivity index (χ2v) is 6.01. The van der Waals surface area contributed by atoms with Gasteiger partial charge in [0.15, 0.2) is 0 Å². The minimum atomic E-state index is -0.173. The van der Waals surface area contributed by atoms with Crippen LogP contribution < -0.4 is 4.74 Å². The van der Waals surface area contributed by atoms with Gasteiger partial charge in [-0.25, -0.2) is 4.39 Å². The third-order valence-corrected chi connectivity index (χ3v) is 4.96. The van der Waals surface area contributed by atoms with E-state index < -0.39 is 0 Å². The van der Waals surface area contributed by atoms with Crippen molar-refractivity contribution >= 4 is 15.9 Å². The van der Waals surface area contributed by atoms with Gasteiger partial charge in [-0.1, -0.05) is 29.8 Å². The summed E-state index contributed by atoms with van der Waals surface area (Å²) in [5, 5.41) is 0. The molecule has 1 aromatic carbocycles. The molecule has 0 aliphatic carbocycles. The molecule has 0 saturated carbocycles. The number of hydrogen-bond acceptors (Lipinski definition) is 1. The fourth-order valence-corrected chi connectivity index (χ4v) is 2.60. The lowest BCUT2D eigenvalue weighted by atomic mass is 9.96. The van der Waals surface area contributed by atoms with Gasteiger partial charge in [0.25, 0.3) is 0 Å². The molecule has 1 aromatic rings. The Kier molecular flexibility index (Phi) is 4.08. The van der Waals surface area contributed by atoms with E-state index in [1.165, 1.54) is 6.07 Å². The molecule has 3 atom stereocenters. The van der Waals surface area contributed by atoms with E-state index in [0.717, 1.165) is 30.6 Å². The average Bonchev–Trinajstić information content (AvgIpc) is 2.69. The highest BCUT2D eigenvalue weighted by Crippen LogP contribution is 2.33. The summed E-state index contributed by atoms with van der Waals surface area (Å²) in [6, 6.07) is 4.79. The van der Waals surface area contributed by atoms with Gasteiger partial charge < -0.3 is 4.74 Å². The van der Waals surface area contributed by atoms with Crippen LogP contribution >= 0.6 is 15.9 Å². The lowest BCUT2D eigenvalue weighted by Gasteiger charge is -2.20. The van der Waals surface area contributed by atoms with Crippen molar-refractivity contribution in [2.24, 2.45) is 5.92 Å². The summed E-state index contributed by atoms with van der Waals surface area (Å²) < 4.78 is 18.9. The summed E-state index contributed by atoms with van der Waals surface area (Å²) in [7, 11) is 0. The number of ether oxygens (including phenoxy) is 1. The quantitative estimate of drug-likeness (QED) is 0.752. The summed E-state index contributed by atoms with van der Waals surface area (Å²) in [4.78, 5) is 0.534. The molecule has 94 valence electrons. The molecule has 1 aliphatic rings. The van der Waals surface area contributed by atoms with Crippen molar-refractivity contribution in [2.75, 3.05) is 0 Å². The third-order valence-electron chi connectivity index (χ3n) is 3.41. The van der Waals surface area contributed by atoms with Crippen molar-refractivity contribution in [3.8, 4) is 5.75 Å². The maximum Gasteiger partial charge on any atom is 0.123 e. The van der Waals surface area contributed by atoms with Gasteiger partial charge in [-0.15, -0.1) is 0 Å². The van der Waals surface area contributed by atoms with E-state index in [1.807, 2.05) is 0 Å². The third kappa shape index (κ3) is 3.01. The van der Waals surface area contributed by atoms with Gasteiger partial charge in [-0.3, -0.25) is 0 Å². The normalized spacial score (nSPS) is 21.8. The van der Waals surface area contributed by atoms with Gasteiger partial charge in [-0.05, 0) is 37.0 Å². The lowest BCUT2D eigenvalue weighted by molar-refractivity contribution is 0.197. The first-order valence-corrected chi connectivity index (χ1v) is 7.11. The van der Waals surface area contributed by atoms with Crippen molar-refractivity contribution in [2.45, 2.75) is 44.0 Å². The van der Waals surface area contributed by atoms with E-state index in [1.54, 1.807) is 12.1 Å². The summed E-state index contributed by atoms with van der Waals surface area (Å²) in [6.45, 7) is 4.41. The van der Waals surface area contributed by atoms with Crippen LogP contribution in [0.1, 0.15) is 32.3 Å². The van der Waals surface area contributed by atoms with Gasteiger partial charge in [-0.2, -0.15) is 0 Å². The second-order valence-electron chi connectivity index (χ2n) is 4.83. The predicted molar refractivity (Wildman–Crippen MR) is 71.3 cm³/mol. The average molecular weight is 301 g/mol. The first-order valence-electron chi connectivity index (χ1n) is 6.19. The Hall–Kier alpha value is -0.570. The maximum absolute atomic E-state index is 13.1. The van der Waals surface area contributed by atoms with Crippen LogP contribution in [0.25, 0.3) is 0 Å². The van der Waals surface area contributed by atoms with Crippen molar-refractivity contribution < 1.29 is 9.13 Å². The zero-order chi connectivity index (χ0) is 12.4. The molecular weight excluding hydrogens is 283 g/mol. The smallest absolute Gasteiger partial charge is 0.123 e.